The molecule has 0 aliphatic heterocycles. The Morgan fingerprint density at radius 2 is 2.19 bits per heavy atom. The molecule has 1 aromatic heterocycles. The Balaban J connectivity index is 2.78. The third-order valence-electron chi connectivity index (χ3n) is 1.64. The molecule has 1 rings (SSSR count). The van der Waals surface area contributed by atoms with Gasteiger partial charge in [-0.25, -0.2) is 0 Å². The highest BCUT2D eigenvalue weighted by atomic mass is 16.6. The standard InChI is InChI=1S/C8H5N3O5/c9-5-6(10(12)13)1-2-7-3-4-8(16-7)11(14)15/h1,3-4H,2H2/b6-1+. The van der Waals surface area contributed by atoms with Gasteiger partial charge in [-0.05, 0) is 6.07 Å². The Morgan fingerprint density at radius 3 is 2.62 bits per heavy atom. The lowest BCUT2D eigenvalue weighted by Gasteiger charge is -1.87. The van der Waals surface area contributed by atoms with E-state index < -0.39 is 21.4 Å². The Labute approximate surface area is 88.7 Å². The maximum Gasteiger partial charge on any atom is 0.433 e. The number of hydrogen-bond acceptors (Lipinski definition) is 6. The molecule has 0 saturated carbocycles. The number of nitrogens with zero attached hydrogens (tertiary/aromatic N) is 3. The van der Waals surface area contributed by atoms with E-state index in [0.717, 1.165) is 12.1 Å². The smallest absolute Gasteiger partial charge is 0.406 e. The molecular weight excluding hydrogens is 218 g/mol. The molecular formula is C8H5N3O5. The number of furan rings is 1. The molecule has 0 aliphatic rings. The van der Waals surface area contributed by atoms with Gasteiger partial charge in [0, 0.05) is 12.5 Å². The minimum Gasteiger partial charge on any atom is -0.406 e. The van der Waals surface area contributed by atoms with Crippen molar-refractivity contribution in [2.24, 2.45) is 0 Å². The minimum atomic E-state index is -0.836. The van der Waals surface area contributed by atoms with E-state index in [1.807, 2.05) is 0 Å². The molecule has 1 heterocycles. The summed E-state index contributed by atoms with van der Waals surface area (Å²) in [5.41, 5.74) is -0.626. The zero-order valence-corrected chi connectivity index (χ0v) is 7.82. The first kappa shape index (κ1) is 11.4. The summed E-state index contributed by atoms with van der Waals surface area (Å²) in [5, 5.41) is 28.9. The first-order valence-electron chi connectivity index (χ1n) is 4.02. The first-order chi connectivity index (χ1) is 7.54. The van der Waals surface area contributed by atoms with Crippen LogP contribution in [0.25, 0.3) is 0 Å². The van der Waals surface area contributed by atoms with Gasteiger partial charge < -0.3 is 4.42 Å². The fourth-order valence-electron chi connectivity index (χ4n) is 0.933. The van der Waals surface area contributed by atoms with Crippen LogP contribution in [0.1, 0.15) is 5.76 Å². The molecule has 0 unspecified atom stereocenters. The van der Waals surface area contributed by atoms with Gasteiger partial charge in [-0.15, -0.1) is 0 Å². The maximum absolute atomic E-state index is 10.3. The van der Waals surface area contributed by atoms with Gasteiger partial charge in [0.25, 0.3) is 0 Å². The summed E-state index contributed by atoms with van der Waals surface area (Å²) in [6, 6.07) is 3.85. The molecule has 0 aliphatic carbocycles. The van der Waals surface area contributed by atoms with Gasteiger partial charge in [-0.2, -0.15) is 5.26 Å². The van der Waals surface area contributed by atoms with Crippen LogP contribution in [-0.4, -0.2) is 9.85 Å². The zero-order valence-electron chi connectivity index (χ0n) is 7.82. The Bertz CT molecular complexity index is 496. The second-order valence-electron chi connectivity index (χ2n) is 2.66. The van der Waals surface area contributed by atoms with E-state index in [0.29, 0.717) is 0 Å². The van der Waals surface area contributed by atoms with Crippen molar-refractivity contribution >= 4 is 5.88 Å². The van der Waals surface area contributed by atoms with Gasteiger partial charge in [0.2, 0.25) is 0 Å². The van der Waals surface area contributed by atoms with Crippen LogP contribution in [0, 0.1) is 31.6 Å². The molecule has 0 fully saturated rings. The van der Waals surface area contributed by atoms with Crippen molar-refractivity contribution in [1.82, 2.24) is 0 Å². The molecule has 8 nitrogen and oxygen atoms in total. The van der Waals surface area contributed by atoms with Crippen molar-refractivity contribution in [3.63, 3.8) is 0 Å². The van der Waals surface area contributed by atoms with E-state index in [1.54, 1.807) is 0 Å². The number of allylic oxidation sites excluding steroid dienone is 2. The molecule has 16 heavy (non-hydrogen) atoms. The van der Waals surface area contributed by atoms with Crippen LogP contribution in [-0.2, 0) is 6.42 Å². The molecule has 1 aromatic rings. The van der Waals surface area contributed by atoms with Gasteiger partial charge >= 0.3 is 11.6 Å². The minimum absolute atomic E-state index is 0.0439. The van der Waals surface area contributed by atoms with Gasteiger partial charge in [0.05, 0.1) is 11.0 Å². The monoisotopic (exact) mass is 223 g/mol. The highest BCUT2D eigenvalue weighted by Crippen LogP contribution is 2.16. The molecule has 0 bridgehead atoms. The average molecular weight is 223 g/mol. The topological polar surface area (TPSA) is 123 Å². The second kappa shape index (κ2) is 4.70. The van der Waals surface area contributed by atoms with Crippen molar-refractivity contribution in [3.8, 4) is 6.07 Å². The molecule has 0 atom stereocenters. The molecule has 0 N–H and O–H groups in total. The van der Waals surface area contributed by atoms with Crippen molar-refractivity contribution in [2.75, 3.05) is 0 Å². The summed E-state index contributed by atoms with van der Waals surface area (Å²) in [4.78, 5) is 18.9. The van der Waals surface area contributed by atoms with Gasteiger partial charge in [0.1, 0.15) is 10.7 Å². The SMILES string of the molecule is N#C/C(=C\Cc1ccc([N+](=O)[O-])o1)[N+](=O)[O-]. The molecule has 0 radical (unpaired) electrons. The maximum atomic E-state index is 10.3. The molecule has 0 spiro atoms. The molecule has 0 aromatic carbocycles. The lowest BCUT2D eigenvalue weighted by Crippen LogP contribution is -1.96. The highest BCUT2D eigenvalue weighted by molar-refractivity contribution is 5.21. The molecule has 8 heteroatoms. The van der Waals surface area contributed by atoms with E-state index in [1.165, 1.54) is 12.1 Å². The Hall–Kier alpha value is -2.69. The van der Waals surface area contributed by atoms with Crippen LogP contribution in [0.2, 0.25) is 0 Å². The first-order valence-corrected chi connectivity index (χ1v) is 4.02. The Morgan fingerprint density at radius 1 is 1.50 bits per heavy atom. The van der Waals surface area contributed by atoms with E-state index in [9.17, 15) is 20.2 Å². The third-order valence-corrected chi connectivity index (χ3v) is 1.64. The number of rotatable bonds is 4. The van der Waals surface area contributed by atoms with Crippen LogP contribution >= 0.6 is 0 Å². The van der Waals surface area contributed by atoms with Crippen LogP contribution in [0.3, 0.4) is 0 Å². The number of hydrogen-bond donors (Lipinski definition) is 0. The quantitative estimate of drug-likeness (QED) is 0.431. The highest BCUT2D eigenvalue weighted by Gasteiger charge is 2.13. The van der Waals surface area contributed by atoms with Crippen LogP contribution in [0.4, 0.5) is 5.88 Å². The van der Waals surface area contributed by atoms with Gasteiger partial charge in [-0.1, -0.05) is 0 Å². The predicted octanol–water partition coefficient (Wildman–Crippen LogP) is 1.41. The van der Waals surface area contributed by atoms with E-state index in [2.05, 4.69) is 0 Å². The van der Waals surface area contributed by atoms with E-state index in [4.69, 9.17) is 9.68 Å². The summed E-state index contributed by atoms with van der Waals surface area (Å²) >= 11 is 0. The fraction of sp³-hybridized carbons (Fsp3) is 0.125. The summed E-state index contributed by atoms with van der Waals surface area (Å²) in [6.45, 7) is 0. The van der Waals surface area contributed by atoms with Crippen molar-refractivity contribution in [3.05, 3.63) is 49.9 Å². The zero-order chi connectivity index (χ0) is 12.1. The van der Waals surface area contributed by atoms with Crippen molar-refractivity contribution < 1.29 is 14.3 Å². The normalized spacial score (nSPS) is 10.8. The lowest BCUT2D eigenvalue weighted by molar-refractivity contribution is -0.417. The van der Waals surface area contributed by atoms with Crippen LogP contribution in [0.5, 0.6) is 0 Å². The second-order valence-corrected chi connectivity index (χ2v) is 2.66. The van der Waals surface area contributed by atoms with E-state index >= 15 is 0 Å². The summed E-state index contributed by atoms with van der Waals surface area (Å²) < 4.78 is 4.74. The largest absolute Gasteiger partial charge is 0.433 e. The summed E-state index contributed by atoms with van der Waals surface area (Å²) in [6.07, 6.45) is 0.986. The van der Waals surface area contributed by atoms with Crippen molar-refractivity contribution in [1.29, 1.82) is 5.26 Å². The molecule has 82 valence electrons. The Kier molecular flexibility index (Phi) is 3.34. The predicted molar refractivity (Wildman–Crippen MR) is 49.8 cm³/mol. The molecule has 0 amide bonds. The number of nitriles is 1. The number of nitro groups is 2. The van der Waals surface area contributed by atoms with Crippen molar-refractivity contribution in [2.45, 2.75) is 6.42 Å². The van der Waals surface area contributed by atoms with Gasteiger partial charge in [0.15, 0.2) is 6.07 Å². The lowest BCUT2D eigenvalue weighted by atomic mass is 10.3. The van der Waals surface area contributed by atoms with Crippen LogP contribution in [0.15, 0.2) is 28.3 Å². The average Bonchev–Trinajstić information content (AvgIpc) is 2.67. The summed E-state index contributed by atoms with van der Waals surface area (Å²) in [5.74, 6) is -0.260. The summed E-state index contributed by atoms with van der Waals surface area (Å²) in [7, 11) is 0. The molecule has 0 saturated heterocycles. The van der Waals surface area contributed by atoms with Gasteiger partial charge in [-0.3, -0.25) is 20.2 Å². The third kappa shape index (κ3) is 2.65. The fourth-order valence-corrected chi connectivity index (χ4v) is 0.933. The van der Waals surface area contributed by atoms with Crippen LogP contribution < -0.4 is 0 Å². The van der Waals surface area contributed by atoms with E-state index in [-0.39, 0.29) is 12.2 Å².